The first-order chi connectivity index (χ1) is 9.43. The average molecular weight is 276 g/mol. The Morgan fingerprint density at radius 1 is 1.45 bits per heavy atom. The predicted octanol–water partition coefficient (Wildman–Crippen LogP) is 0.247. The highest BCUT2D eigenvalue weighted by atomic mass is 16.3. The van der Waals surface area contributed by atoms with Crippen molar-refractivity contribution in [3.05, 3.63) is 34.9 Å². The van der Waals surface area contributed by atoms with Gasteiger partial charge in [-0.05, 0) is 25.1 Å². The average Bonchev–Trinajstić information content (AvgIpc) is 2.71. The summed E-state index contributed by atoms with van der Waals surface area (Å²) < 4.78 is 2.87. The van der Waals surface area contributed by atoms with Gasteiger partial charge in [0.15, 0.2) is 5.65 Å². The van der Waals surface area contributed by atoms with Gasteiger partial charge in [0.1, 0.15) is 0 Å². The van der Waals surface area contributed by atoms with E-state index in [0.29, 0.717) is 12.1 Å². The molecular formula is C14H20N4O2. The molecule has 0 spiro atoms. The monoisotopic (exact) mass is 276 g/mol. The molecule has 2 aromatic rings. The van der Waals surface area contributed by atoms with Crippen molar-refractivity contribution in [1.29, 1.82) is 0 Å². The highest BCUT2D eigenvalue weighted by Crippen LogP contribution is 2.36. The van der Waals surface area contributed by atoms with E-state index in [2.05, 4.69) is 10.4 Å². The summed E-state index contributed by atoms with van der Waals surface area (Å²) in [6.07, 6.45) is 2.30. The van der Waals surface area contributed by atoms with Gasteiger partial charge in [-0.3, -0.25) is 4.40 Å². The molecule has 2 aromatic heterocycles. The number of nitrogens with one attached hydrogen (secondary N) is 1. The van der Waals surface area contributed by atoms with E-state index >= 15 is 0 Å². The largest absolute Gasteiger partial charge is 0.387 e. The Morgan fingerprint density at radius 2 is 2.25 bits per heavy atom. The molecule has 1 aliphatic rings. The van der Waals surface area contributed by atoms with Crippen LogP contribution in [0, 0.1) is 5.41 Å². The van der Waals surface area contributed by atoms with E-state index in [1.165, 1.54) is 9.08 Å². The number of hydrogen-bond donors (Lipinski definition) is 2. The van der Waals surface area contributed by atoms with Gasteiger partial charge in [-0.1, -0.05) is 19.9 Å². The lowest BCUT2D eigenvalue weighted by Crippen LogP contribution is -2.58. The van der Waals surface area contributed by atoms with Crippen LogP contribution in [0.15, 0.2) is 29.2 Å². The van der Waals surface area contributed by atoms with Gasteiger partial charge >= 0.3 is 5.69 Å². The molecule has 0 radical (unpaired) electrons. The Morgan fingerprint density at radius 3 is 2.95 bits per heavy atom. The molecule has 1 fully saturated rings. The van der Waals surface area contributed by atoms with Crippen molar-refractivity contribution < 1.29 is 5.11 Å². The normalized spacial score (nSPS) is 25.9. The van der Waals surface area contributed by atoms with E-state index in [4.69, 9.17) is 0 Å². The molecule has 1 saturated heterocycles. The molecule has 108 valence electrons. The number of fused-ring (bicyclic) bond motifs is 1. The number of aliphatic hydroxyl groups is 1. The molecule has 0 aliphatic carbocycles. The second-order valence-corrected chi connectivity index (χ2v) is 6.21. The van der Waals surface area contributed by atoms with E-state index in [0.717, 1.165) is 13.1 Å². The van der Waals surface area contributed by atoms with Gasteiger partial charge in [0.25, 0.3) is 0 Å². The van der Waals surface area contributed by atoms with Crippen LogP contribution < -0.4 is 11.0 Å². The van der Waals surface area contributed by atoms with Crippen molar-refractivity contribution in [3.63, 3.8) is 0 Å². The zero-order valence-electron chi connectivity index (χ0n) is 11.8. The molecular weight excluding hydrogens is 256 g/mol. The molecule has 3 heterocycles. The minimum atomic E-state index is -0.931. The minimum Gasteiger partial charge on any atom is -0.387 e. The number of pyridine rings is 1. The van der Waals surface area contributed by atoms with E-state index in [1.807, 2.05) is 19.9 Å². The summed E-state index contributed by atoms with van der Waals surface area (Å²) in [7, 11) is 0. The summed E-state index contributed by atoms with van der Waals surface area (Å²) in [4.78, 5) is 12.3. The van der Waals surface area contributed by atoms with Gasteiger partial charge in [0, 0.05) is 18.2 Å². The van der Waals surface area contributed by atoms with Crippen LogP contribution in [0.4, 0.5) is 0 Å². The molecule has 2 N–H and O–H groups in total. The third-order valence-electron chi connectivity index (χ3n) is 4.44. The fraction of sp³-hybridized carbons (Fsp3) is 0.571. The first-order valence-corrected chi connectivity index (χ1v) is 6.90. The first-order valence-electron chi connectivity index (χ1n) is 6.90. The highest BCUT2D eigenvalue weighted by Gasteiger charge is 2.46. The van der Waals surface area contributed by atoms with E-state index in [1.54, 1.807) is 18.3 Å². The quantitative estimate of drug-likeness (QED) is 0.824. The fourth-order valence-electron chi connectivity index (χ4n) is 2.81. The van der Waals surface area contributed by atoms with Crippen LogP contribution in [0.3, 0.4) is 0 Å². The van der Waals surface area contributed by atoms with Crippen LogP contribution in [-0.4, -0.2) is 38.0 Å². The lowest BCUT2D eigenvalue weighted by Gasteiger charge is -2.46. The highest BCUT2D eigenvalue weighted by molar-refractivity contribution is 5.35. The van der Waals surface area contributed by atoms with Crippen LogP contribution in [0.5, 0.6) is 0 Å². The van der Waals surface area contributed by atoms with Gasteiger partial charge in [-0.2, -0.15) is 0 Å². The van der Waals surface area contributed by atoms with Crippen LogP contribution in [0.1, 0.15) is 20.3 Å². The Balaban J connectivity index is 2.00. The summed E-state index contributed by atoms with van der Waals surface area (Å²) in [5.41, 5.74) is -0.836. The molecule has 1 aliphatic heterocycles. The molecule has 0 bridgehead atoms. The van der Waals surface area contributed by atoms with Crippen molar-refractivity contribution in [2.45, 2.75) is 32.4 Å². The molecule has 1 atom stereocenters. The summed E-state index contributed by atoms with van der Waals surface area (Å²) in [5.74, 6) is 0. The van der Waals surface area contributed by atoms with E-state index in [9.17, 15) is 9.90 Å². The molecule has 20 heavy (non-hydrogen) atoms. The number of aromatic nitrogens is 3. The zero-order chi connectivity index (χ0) is 14.4. The minimum absolute atomic E-state index is 0.205. The molecule has 0 saturated carbocycles. The van der Waals surface area contributed by atoms with Crippen LogP contribution in [0.2, 0.25) is 0 Å². The molecule has 1 unspecified atom stereocenters. The first kappa shape index (κ1) is 13.3. The summed E-state index contributed by atoms with van der Waals surface area (Å²) in [6, 6.07) is 5.43. The van der Waals surface area contributed by atoms with Gasteiger partial charge in [0.2, 0.25) is 0 Å². The Labute approximate surface area is 117 Å². The number of hydrogen-bond acceptors (Lipinski definition) is 4. The van der Waals surface area contributed by atoms with Crippen molar-refractivity contribution in [1.82, 2.24) is 19.5 Å². The summed E-state index contributed by atoms with van der Waals surface area (Å²) in [6.45, 7) is 5.73. The smallest absolute Gasteiger partial charge is 0.350 e. The lowest BCUT2D eigenvalue weighted by molar-refractivity contribution is -0.102. The third-order valence-corrected chi connectivity index (χ3v) is 4.44. The Hall–Kier alpha value is -1.66. The Bertz CT molecular complexity index is 688. The van der Waals surface area contributed by atoms with E-state index in [-0.39, 0.29) is 17.6 Å². The Kier molecular flexibility index (Phi) is 2.95. The summed E-state index contributed by atoms with van der Waals surface area (Å²) >= 11 is 0. The van der Waals surface area contributed by atoms with Crippen molar-refractivity contribution >= 4 is 5.65 Å². The molecule has 0 amide bonds. The topological polar surface area (TPSA) is 71.6 Å². The predicted molar refractivity (Wildman–Crippen MR) is 75.7 cm³/mol. The van der Waals surface area contributed by atoms with Crippen molar-refractivity contribution in [3.8, 4) is 0 Å². The molecule has 6 heteroatoms. The maximum Gasteiger partial charge on any atom is 0.350 e. The van der Waals surface area contributed by atoms with Crippen LogP contribution >= 0.6 is 0 Å². The second kappa shape index (κ2) is 4.43. The zero-order valence-corrected chi connectivity index (χ0v) is 11.8. The van der Waals surface area contributed by atoms with E-state index < -0.39 is 5.60 Å². The second-order valence-electron chi connectivity index (χ2n) is 6.21. The maximum absolute atomic E-state index is 12.3. The molecule has 3 rings (SSSR count). The molecule has 0 aromatic carbocycles. The maximum atomic E-state index is 12.3. The molecule has 6 nitrogen and oxygen atoms in total. The van der Waals surface area contributed by atoms with Crippen molar-refractivity contribution in [2.75, 3.05) is 13.1 Å². The summed E-state index contributed by atoms with van der Waals surface area (Å²) in [5, 5.41) is 18.5. The van der Waals surface area contributed by atoms with Crippen LogP contribution in [-0.2, 0) is 6.54 Å². The fourth-order valence-corrected chi connectivity index (χ4v) is 2.81. The van der Waals surface area contributed by atoms with Gasteiger partial charge < -0.3 is 10.4 Å². The van der Waals surface area contributed by atoms with Gasteiger partial charge in [0.05, 0.1) is 12.1 Å². The number of piperidine rings is 1. The van der Waals surface area contributed by atoms with Gasteiger partial charge in [-0.15, -0.1) is 5.10 Å². The number of nitrogens with zero attached hydrogens (tertiary/aromatic N) is 3. The van der Waals surface area contributed by atoms with Crippen molar-refractivity contribution in [2.24, 2.45) is 5.41 Å². The standard InChI is InChI=1S/C14H20N4O2/c1-13(2)9-15-7-6-14(13,20)10-18-12(19)17-8-4-3-5-11(17)16-18/h3-5,8,15,20H,6-7,9-10H2,1-2H3. The SMILES string of the molecule is CC1(C)CNCCC1(O)Cn1nc2ccccn2c1=O. The van der Waals surface area contributed by atoms with Crippen LogP contribution in [0.25, 0.3) is 5.65 Å². The third kappa shape index (κ3) is 1.96. The van der Waals surface area contributed by atoms with Gasteiger partial charge in [-0.25, -0.2) is 9.48 Å². The number of rotatable bonds is 2. The lowest BCUT2D eigenvalue weighted by atomic mass is 9.70.